The first-order chi connectivity index (χ1) is 30.7. The fourth-order valence-corrected chi connectivity index (χ4v) is 11.8. The Hall–Kier alpha value is -7.71. The summed E-state index contributed by atoms with van der Waals surface area (Å²) >= 11 is 3.60. The van der Waals surface area contributed by atoms with Gasteiger partial charge in [0.25, 0.3) is 0 Å². The number of para-hydroxylation sites is 2. The molecule has 62 heavy (non-hydrogen) atoms. The molecule has 0 radical (unpaired) electrons. The van der Waals surface area contributed by atoms with E-state index in [1.165, 1.54) is 61.9 Å². The molecule has 0 aliphatic carbocycles. The first-order valence-corrected chi connectivity index (χ1v) is 22.3. The molecule has 14 aromatic rings. The van der Waals surface area contributed by atoms with Crippen molar-refractivity contribution in [3.05, 3.63) is 182 Å². The Kier molecular flexibility index (Phi) is 7.08. The molecule has 0 atom stereocenters. The summed E-state index contributed by atoms with van der Waals surface area (Å²) in [4.78, 5) is 16.0. The summed E-state index contributed by atoms with van der Waals surface area (Å²) in [6.45, 7) is 0. The third kappa shape index (κ3) is 5.03. The van der Waals surface area contributed by atoms with Crippen LogP contribution in [0.1, 0.15) is 0 Å². The van der Waals surface area contributed by atoms with Gasteiger partial charge in [-0.1, -0.05) is 121 Å². The molecule has 0 aliphatic heterocycles. The minimum Gasteiger partial charge on any atom is -0.454 e. The van der Waals surface area contributed by atoms with Crippen LogP contribution < -0.4 is 0 Å². The molecule has 9 aromatic carbocycles. The average molecular weight is 827 g/mol. The maximum absolute atomic E-state index is 6.83. The maximum Gasteiger partial charge on any atom is 0.164 e. The molecule has 0 unspecified atom stereocenters. The standard InChI is InChI=1S/C55H30N4OS2/c1-2-12-32-27-45-42(25-31(32)11-1)36-13-3-7-17-44(36)59(45)46-28-35(26-43-37-14-4-8-18-47(37)60-52(43)46)55-57-53(33-21-23-40-38-15-5-9-19-48(38)61-50(40)29-33)56-54(58-55)34-22-24-41-39-16-6-10-20-49(39)62-51(41)30-34/h1-30H. The van der Waals surface area contributed by atoms with E-state index in [1.54, 1.807) is 22.7 Å². The van der Waals surface area contributed by atoms with Crippen LogP contribution in [0.15, 0.2) is 186 Å². The van der Waals surface area contributed by atoms with Crippen molar-refractivity contribution in [3.63, 3.8) is 0 Å². The molecular formula is C55H30N4OS2. The highest BCUT2D eigenvalue weighted by Crippen LogP contribution is 2.43. The van der Waals surface area contributed by atoms with Gasteiger partial charge in [0.05, 0.1) is 16.7 Å². The summed E-state index contributed by atoms with van der Waals surface area (Å²) in [6.07, 6.45) is 0. The molecular weight excluding hydrogens is 797 g/mol. The second-order valence-corrected chi connectivity index (χ2v) is 18.1. The zero-order chi connectivity index (χ0) is 40.5. The van der Waals surface area contributed by atoms with Gasteiger partial charge in [-0.25, -0.2) is 15.0 Å². The quantitative estimate of drug-likeness (QED) is 0.177. The lowest BCUT2D eigenvalue weighted by atomic mass is 10.1. The van der Waals surface area contributed by atoms with Crippen LogP contribution in [-0.2, 0) is 0 Å². The van der Waals surface area contributed by atoms with Crippen LogP contribution in [-0.4, -0.2) is 19.5 Å². The molecule has 5 aromatic heterocycles. The van der Waals surface area contributed by atoms with E-state index in [0.717, 1.165) is 55.3 Å². The van der Waals surface area contributed by atoms with Gasteiger partial charge >= 0.3 is 0 Å². The number of nitrogens with zero attached hydrogens (tertiary/aromatic N) is 4. The lowest BCUT2D eigenvalue weighted by molar-refractivity contribution is 0.666. The first kappa shape index (κ1) is 34.0. The van der Waals surface area contributed by atoms with Crippen molar-refractivity contribution in [2.75, 3.05) is 0 Å². The SMILES string of the molecule is c1ccc2cc3c(cc2c1)c1ccccc1n3-c1cc(-c2nc(-c3ccc4c(c3)sc3ccccc34)nc(-c3ccc4c(c3)sc3ccccc34)n2)cc2c1oc1ccccc12. The second kappa shape index (κ2) is 12.9. The van der Waals surface area contributed by atoms with Crippen LogP contribution in [0.5, 0.6) is 0 Å². The fourth-order valence-electron chi connectivity index (χ4n) is 9.51. The van der Waals surface area contributed by atoms with Gasteiger partial charge in [-0.05, 0) is 71.4 Å². The molecule has 5 nitrogen and oxygen atoms in total. The fraction of sp³-hybridized carbons (Fsp3) is 0. The van der Waals surface area contributed by atoms with Crippen molar-refractivity contribution in [1.82, 2.24) is 19.5 Å². The van der Waals surface area contributed by atoms with Crippen LogP contribution in [0.3, 0.4) is 0 Å². The first-order valence-electron chi connectivity index (χ1n) is 20.7. The molecule has 0 N–H and O–H groups in total. The second-order valence-electron chi connectivity index (χ2n) is 16.0. The third-order valence-electron chi connectivity index (χ3n) is 12.4. The van der Waals surface area contributed by atoms with Gasteiger partial charge in [0.2, 0.25) is 0 Å². The van der Waals surface area contributed by atoms with Crippen LogP contribution in [0.25, 0.3) is 135 Å². The van der Waals surface area contributed by atoms with Gasteiger partial charge < -0.3 is 8.98 Å². The number of thiophene rings is 2. The van der Waals surface area contributed by atoms with E-state index in [9.17, 15) is 0 Å². The lowest BCUT2D eigenvalue weighted by Crippen LogP contribution is -2.01. The minimum atomic E-state index is 0.595. The van der Waals surface area contributed by atoms with E-state index in [0.29, 0.717) is 17.5 Å². The predicted molar refractivity (Wildman–Crippen MR) is 261 cm³/mol. The zero-order valence-corrected chi connectivity index (χ0v) is 34.5. The summed E-state index contributed by atoms with van der Waals surface area (Å²) in [7, 11) is 0. The number of hydrogen-bond acceptors (Lipinski definition) is 6. The van der Waals surface area contributed by atoms with E-state index in [1.807, 2.05) is 12.1 Å². The number of furan rings is 1. The van der Waals surface area contributed by atoms with E-state index < -0.39 is 0 Å². The number of fused-ring (bicyclic) bond motifs is 13. The van der Waals surface area contributed by atoms with E-state index in [2.05, 4.69) is 174 Å². The van der Waals surface area contributed by atoms with Gasteiger partial charge in [0.1, 0.15) is 5.58 Å². The highest BCUT2D eigenvalue weighted by atomic mass is 32.1. The maximum atomic E-state index is 6.83. The molecule has 14 rings (SSSR count). The van der Waals surface area contributed by atoms with Crippen molar-refractivity contribution >= 4 is 118 Å². The lowest BCUT2D eigenvalue weighted by Gasteiger charge is -2.13. The van der Waals surface area contributed by atoms with Crippen LogP contribution in [0.2, 0.25) is 0 Å². The summed E-state index contributed by atoms with van der Waals surface area (Å²) in [5, 5.41) is 11.8. The van der Waals surface area contributed by atoms with Crippen molar-refractivity contribution in [2.24, 2.45) is 0 Å². The average Bonchev–Trinajstić information content (AvgIpc) is 4.09. The van der Waals surface area contributed by atoms with E-state index >= 15 is 0 Å². The van der Waals surface area contributed by atoms with E-state index in [-0.39, 0.29) is 0 Å². The molecule has 0 saturated carbocycles. The normalized spacial score (nSPS) is 12.2. The van der Waals surface area contributed by atoms with Crippen LogP contribution in [0, 0.1) is 0 Å². The zero-order valence-electron chi connectivity index (χ0n) is 32.8. The monoisotopic (exact) mass is 826 g/mol. The Morgan fingerprint density at radius 2 is 0.887 bits per heavy atom. The predicted octanol–water partition coefficient (Wildman–Crippen LogP) is 15.8. The summed E-state index contributed by atoms with van der Waals surface area (Å²) in [6, 6.07) is 64.9. The van der Waals surface area contributed by atoms with Gasteiger partial charge in [-0.15, -0.1) is 22.7 Å². The third-order valence-corrected chi connectivity index (χ3v) is 14.7. The van der Waals surface area contributed by atoms with Gasteiger partial charge in [-0.2, -0.15) is 0 Å². The van der Waals surface area contributed by atoms with Crippen molar-refractivity contribution in [2.45, 2.75) is 0 Å². The summed E-state index contributed by atoms with van der Waals surface area (Å²) in [5.41, 5.74) is 7.54. The smallest absolute Gasteiger partial charge is 0.164 e. The topological polar surface area (TPSA) is 56.7 Å². The Morgan fingerprint density at radius 1 is 0.355 bits per heavy atom. The largest absolute Gasteiger partial charge is 0.454 e. The van der Waals surface area contributed by atoms with Crippen molar-refractivity contribution < 1.29 is 4.42 Å². The molecule has 5 heterocycles. The number of benzene rings is 9. The van der Waals surface area contributed by atoms with Crippen LogP contribution >= 0.6 is 22.7 Å². The molecule has 288 valence electrons. The highest BCUT2D eigenvalue weighted by Gasteiger charge is 2.22. The highest BCUT2D eigenvalue weighted by molar-refractivity contribution is 7.26. The number of hydrogen-bond donors (Lipinski definition) is 0. The molecule has 0 spiro atoms. The Balaban J connectivity index is 1.05. The number of rotatable bonds is 4. The molecule has 0 aliphatic rings. The Bertz CT molecular complexity index is 4060. The molecule has 0 bridgehead atoms. The Labute approximate surface area is 361 Å². The summed E-state index contributed by atoms with van der Waals surface area (Å²) in [5.74, 6) is 1.85. The molecule has 0 amide bonds. The molecule has 0 fully saturated rings. The summed E-state index contributed by atoms with van der Waals surface area (Å²) < 4.78 is 14.1. The number of aromatic nitrogens is 4. The van der Waals surface area contributed by atoms with Crippen molar-refractivity contribution in [3.8, 4) is 39.9 Å². The minimum absolute atomic E-state index is 0.595. The van der Waals surface area contributed by atoms with Gasteiger partial charge in [0, 0.05) is 78.6 Å². The van der Waals surface area contributed by atoms with Crippen molar-refractivity contribution in [1.29, 1.82) is 0 Å². The van der Waals surface area contributed by atoms with Gasteiger partial charge in [-0.3, -0.25) is 0 Å². The molecule has 7 heteroatoms. The van der Waals surface area contributed by atoms with E-state index in [4.69, 9.17) is 19.4 Å². The molecule has 0 saturated heterocycles. The van der Waals surface area contributed by atoms with Gasteiger partial charge in [0.15, 0.2) is 23.1 Å². The van der Waals surface area contributed by atoms with Crippen LogP contribution in [0.4, 0.5) is 0 Å². The Morgan fingerprint density at radius 3 is 1.56 bits per heavy atom.